The maximum atomic E-state index is 5.41. The number of fused-ring (bicyclic) bond motifs is 8. The zero-order chi connectivity index (χ0) is 32.6. The van der Waals surface area contributed by atoms with E-state index in [4.69, 9.17) is 9.97 Å². The van der Waals surface area contributed by atoms with Crippen LogP contribution in [-0.4, -0.2) is 22.6 Å². The lowest BCUT2D eigenvalue weighted by Gasteiger charge is -2.21. The lowest BCUT2D eigenvalue weighted by atomic mass is 10.1. The van der Waals surface area contributed by atoms with Crippen LogP contribution in [0.15, 0.2) is 134 Å². The number of thiophene rings is 1. The topological polar surface area (TPSA) is 30.7 Å². The first kappa shape index (κ1) is 28.8. The van der Waals surface area contributed by atoms with Gasteiger partial charge in [-0.25, -0.2) is 9.97 Å². The van der Waals surface area contributed by atoms with Crippen molar-refractivity contribution in [2.45, 2.75) is 20.0 Å². The number of aryl methyl sites for hydroxylation is 1. The van der Waals surface area contributed by atoms with Gasteiger partial charge in [-0.3, -0.25) is 0 Å². The summed E-state index contributed by atoms with van der Waals surface area (Å²) in [7, 11) is -2.02. The van der Waals surface area contributed by atoms with Crippen LogP contribution in [0.5, 0.6) is 0 Å². The quantitative estimate of drug-likeness (QED) is 0.137. The molecule has 9 rings (SSSR count). The first-order chi connectivity index (χ1) is 23.5. The summed E-state index contributed by atoms with van der Waals surface area (Å²) < 4.78 is 3.72. The van der Waals surface area contributed by atoms with E-state index >= 15 is 0 Å². The molecule has 3 aromatic heterocycles. The van der Waals surface area contributed by atoms with Gasteiger partial charge in [0.15, 0.2) is 5.82 Å². The third kappa shape index (κ3) is 4.18. The van der Waals surface area contributed by atoms with E-state index in [-0.39, 0.29) is 0 Å². The molecule has 5 aromatic carbocycles. The second-order valence-electron chi connectivity index (χ2n) is 13.1. The van der Waals surface area contributed by atoms with Crippen LogP contribution in [0.4, 0.5) is 0 Å². The number of aromatic nitrogens is 3. The number of hydrogen-bond donors (Lipinski definition) is 0. The van der Waals surface area contributed by atoms with Gasteiger partial charge in [0, 0.05) is 42.6 Å². The zero-order valence-corrected chi connectivity index (χ0v) is 29.0. The molecule has 0 atom stereocenters. The van der Waals surface area contributed by atoms with Crippen LogP contribution in [0.25, 0.3) is 77.6 Å². The van der Waals surface area contributed by atoms with Crippen molar-refractivity contribution >= 4 is 67.8 Å². The highest BCUT2D eigenvalue weighted by molar-refractivity contribution is 7.20. The fourth-order valence-corrected chi connectivity index (χ4v) is 12.1. The van der Waals surface area contributed by atoms with E-state index in [1.54, 1.807) is 0 Å². The van der Waals surface area contributed by atoms with E-state index in [2.05, 4.69) is 153 Å². The summed E-state index contributed by atoms with van der Waals surface area (Å²) in [6, 6.07) is 41.6. The highest BCUT2D eigenvalue weighted by Gasteiger charge is 2.41. The van der Waals surface area contributed by atoms with Gasteiger partial charge in [0.25, 0.3) is 0 Å². The van der Waals surface area contributed by atoms with Crippen molar-refractivity contribution in [1.82, 2.24) is 14.5 Å². The van der Waals surface area contributed by atoms with Gasteiger partial charge in [-0.05, 0) is 58.8 Å². The predicted octanol–water partition coefficient (Wildman–Crippen LogP) is 10.4. The molecule has 0 radical (unpaired) electrons. The summed E-state index contributed by atoms with van der Waals surface area (Å²) in [6.07, 6.45) is 6.04. The summed E-state index contributed by atoms with van der Waals surface area (Å²) in [5, 5.41) is 6.56. The molecule has 0 N–H and O–H groups in total. The molecule has 0 spiro atoms. The van der Waals surface area contributed by atoms with Crippen molar-refractivity contribution in [1.29, 1.82) is 0 Å². The molecule has 230 valence electrons. The molecule has 0 unspecified atom stereocenters. The Morgan fingerprint density at radius 1 is 0.750 bits per heavy atom. The summed E-state index contributed by atoms with van der Waals surface area (Å²) in [5.41, 5.74) is 10.4. The molecule has 3 nitrogen and oxygen atoms in total. The van der Waals surface area contributed by atoms with Gasteiger partial charge in [-0.1, -0.05) is 123 Å². The van der Waals surface area contributed by atoms with Gasteiger partial charge < -0.3 is 4.57 Å². The summed E-state index contributed by atoms with van der Waals surface area (Å²) in [6.45, 7) is 11.0. The highest BCUT2D eigenvalue weighted by atomic mass is 32.1. The maximum Gasteiger partial charge on any atom is 0.160 e. The molecule has 0 bridgehead atoms. The molecular weight excluding hydrogens is 619 g/mol. The van der Waals surface area contributed by atoms with Crippen LogP contribution in [0.3, 0.4) is 0 Å². The number of hydrogen-bond acceptors (Lipinski definition) is 3. The lowest BCUT2D eigenvalue weighted by molar-refractivity contribution is 1.17. The monoisotopic (exact) mass is 651 g/mol. The molecule has 8 aromatic rings. The predicted molar refractivity (Wildman–Crippen MR) is 209 cm³/mol. The molecular formula is C43H33N3SSi. The van der Waals surface area contributed by atoms with Crippen molar-refractivity contribution in [3.05, 3.63) is 144 Å². The standard InChI is InChI=1S/C43H33N3SSi/c1-5-6-22-35-27(2)38-36(47-35)25-24-32-31-19-10-12-21-34(31)46(41(32)38)30-18-14-17-29(26-30)43-44-39(28-15-8-7-9-16-28)42-40(45-43)33-20-11-13-23-37(33)48(42,3)4/h5-26H,1H2,2-4H3/b22-6-. The fourth-order valence-electron chi connectivity index (χ4n) is 7.72. The van der Waals surface area contributed by atoms with E-state index in [0.717, 1.165) is 34.0 Å². The second kappa shape index (κ2) is 10.8. The molecule has 0 saturated carbocycles. The van der Waals surface area contributed by atoms with Crippen LogP contribution in [0.2, 0.25) is 13.1 Å². The van der Waals surface area contributed by atoms with E-state index in [1.165, 1.54) is 58.3 Å². The van der Waals surface area contributed by atoms with Gasteiger partial charge in [-0.2, -0.15) is 0 Å². The van der Waals surface area contributed by atoms with Crippen LogP contribution in [0, 0.1) is 6.92 Å². The smallest absolute Gasteiger partial charge is 0.160 e. The minimum Gasteiger partial charge on any atom is -0.309 e. The van der Waals surface area contributed by atoms with Crippen molar-refractivity contribution < 1.29 is 0 Å². The molecule has 1 aliphatic heterocycles. The van der Waals surface area contributed by atoms with Crippen molar-refractivity contribution in [2.24, 2.45) is 0 Å². The Kier molecular flexibility index (Phi) is 6.51. The molecule has 4 heterocycles. The molecule has 0 aliphatic carbocycles. The Labute approximate surface area is 285 Å². The van der Waals surface area contributed by atoms with Gasteiger partial charge in [-0.15, -0.1) is 11.3 Å². The molecule has 0 amide bonds. The average Bonchev–Trinajstić information content (AvgIpc) is 3.72. The minimum atomic E-state index is -2.02. The maximum absolute atomic E-state index is 5.41. The number of para-hydroxylation sites is 1. The van der Waals surface area contributed by atoms with Crippen LogP contribution >= 0.6 is 11.3 Å². The molecule has 1 aliphatic rings. The van der Waals surface area contributed by atoms with Gasteiger partial charge in [0.2, 0.25) is 0 Å². The first-order valence-corrected chi connectivity index (χ1v) is 20.2. The first-order valence-electron chi connectivity index (χ1n) is 16.4. The Morgan fingerprint density at radius 2 is 1.50 bits per heavy atom. The van der Waals surface area contributed by atoms with E-state index in [0.29, 0.717) is 0 Å². The van der Waals surface area contributed by atoms with Crippen LogP contribution in [0.1, 0.15) is 10.4 Å². The Balaban J connectivity index is 1.31. The van der Waals surface area contributed by atoms with Crippen molar-refractivity contribution in [3.63, 3.8) is 0 Å². The lowest BCUT2D eigenvalue weighted by Crippen LogP contribution is -2.50. The summed E-state index contributed by atoms with van der Waals surface area (Å²) >= 11 is 1.83. The summed E-state index contributed by atoms with van der Waals surface area (Å²) in [4.78, 5) is 12.1. The molecule has 0 fully saturated rings. The molecule has 0 saturated heterocycles. The Bertz CT molecular complexity index is 2620. The Hall–Kier alpha value is -5.36. The zero-order valence-electron chi connectivity index (χ0n) is 27.2. The number of rotatable bonds is 5. The van der Waals surface area contributed by atoms with Crippen LogP contribution in [-0.2, 0) is 0 Å². The van der Waals surface area contributed by atoms with Crippen molar-refractivity contribution in [3.8, 4) is 39.6 Å². The minimum absolute atomic E-state index is 0.755. The third-order valence-corrected chi connectivity index (χ3v) is 14.7. The van der Waals surface area contributed by atoms with Crippen molar-refractivity contribution in [2.75, 3.05) is 0 Å². The third-order valence-electron chi connectivity index (χ3n) is 9.95. The molecule has 5 heteroatoms. The Morgan fingerprint density at radius 3 is 2.35 bits per heavy atom. The van der Waals surface area contributed by atoms with Crippen LogP contribution < -0.4 is 10.4 Å². The highest BCUT2D eigenvalue weighted by Crippen LogP contribution is 2.42. The van der Waals surface area contributed by atoms with Gasteiger partial charge in [0.05, 0.1) is 22.4 Å². The van der Waals surface area contributed by atoms with Gasteiger partial charge >= 0.3 is 0 Å². The van der Waals surface area contributed by atoms with Gasteiger partial charge in [0.1, 0.15) is 8.07 Å². The largest absolute Gasteiger partial charge is 0.309 e. The number of nitrogens with zero attached hydrogens (tertiary/aromatic N) is 3. The van der Waals surface area contributed by atoms with E-state index < -0.39 is 8.07 Å². The van der Waals surface area contributed by atoms with E-state index in [1.807, 2.05) is 23.5 Å². The van der Waals surface area contributed by atoms with E-state index in [9.17, 15) is 0 Å². The number of benzene rings is 5. The molecule has 48 heavy (non-hydrogen) atoms. The average molecular weight is 652 g/mol. The SMILES string of the molecule is C=C/C=C\c1sc2ccc3c4ccccc4n(-c4cccc(-c5nc(-c6ccccc6)c6c(n5)-c5ccccc5[Si]6(C)C)c4)c3c2c1C. The number of allylic oxidation sites excluding steroid dienone is 2. The normalized spacial score (nSPS) is 13.5. The fraction of sp³-hybridized carbons (Fsp3) is 0.0698. The second-order valence-corrected chi connectivity index (χ2v) is 18.5. The summed E-state index contributed by atoms with van der Waals surface area (Å²) in [5.74, 6) is 0.755.